The van der Waals surface area contributed by atoms with Gasteiger partial charge in [-0.05, 0) is 45.4 Å². The third kappa shape index (κ3) is 18.0. The summed E-state index contributed by atoms with van der Waals surface area (Å²) in [4.78, 5) is 0. The van der Waals surface area contributed by atoms with Gasteiger partial charge in [0.25, 0.3) is 0 Å². The average Bonchev–Trinajstić information content (AvgIpc) is 2.57. The molecule has 144 valence electrons. The van der Waals surface area contributed by atoms with E-state index in [9.17, 15) is 5.11 Å². The highest BCUT2D eigenvalue weighted by molar-refractivity contribution is 4.81. The summed E-state index contributed by atoms with van der Waals surface area (Å²) in [6, 6.07) is 0. The lowest BCUT2D eigenvalue weighted by Crippen LogP contribution is -2.27. The van der Waals surface area contributed by atoms with Gasteiger partial charge in [0.05, 0.1) is 0 Å². The first-order valence-electron chi connectivity index (χ1n) is 10.6. The van der Waals surface area contributed by atoms with Crippen LogP contribution in [-0.4, -0.2) is 17.5 Å². The van der Waals surface area contributed by atoms with E-state index in [1.807, 2.05) is 6.92 Å². The molecule has 0 heterocycles. The van der Waals surface area contributed by atoms with E-state index in [1.54, 1.807) is 6.92 Å². The Morgan fingerprint density at radius 1 is 0.708 bits per heavy atom. The lowest BCUT2D eigenvalue weighted by atomic mass is 10.1. The topological polar surface area (TPSA) is 29.5 Å². The number of hydrogen-bond acceptors (Lipinski definition) is 2. The monoisotopic (exact) mass is 340 g/mol. The predicted octanol–water partition coefficient (Wildman–Crippen LogP) is 7.16. The summed E-state index contributed by atoms with van der Waals surface area (Å²) in [5.41, 5.74) is 0. The number of allylic oxidation sites excluding steroid dienone is 2. The first-order chi connectivity index (χ1) is 11.6. The molecular formula is C22H44O2. The molecule has 0 aliphatic carbocycles. The van der Waals surface area contributed by atoms with Gasteiger partial charge in [0.2, 0.25) is 0 Å². The van der Waals surface area contributed by atoms with Gasteiger partial charge >= 0.3 is 0 Å². The molecule has 0 aliphatic rings. The molecule has 1 N–H and O–H groups in total. The maximum absolute atomic E-state index is 9.72. The highest BCUT2D eigenvalue weighted by Crippen LogP contribution is 2.13. The van der Waals surface area contributed by atoms with Gasteiger partial charge in [-0.15, -0.1) is 0 Å². The molecule has 0 rings (SSSR count). The quantitative estimate of drug-likeness (QED) is 0.163. The van der Waals surface area contributed by atoms with Crippen molar-refractivity contribution in [2.45, 2.75) is 123 Å². The average molecular weight is 341 g/mol. The van der Waals surface area contributed by atoms with Gasteiger partial charge in [0.1, 0.15) is 0 Å². The van der Waals surface area contributed by atoms with Gasteiger partial charge in [-0.3, -0.25) is 0 Å². The fraction of sp³-hybridized carbons (Fsp3) is 0.909. The van der Waals surface area contributed by atoms with Crippen LogP contribution in [0.15, 0.2) is 12.2 Å². The Morgan fingerprint density at radius 3 is 1.67 bits per heavy atom. The smallest absolute Gasteiger partial charge is 0.162 e. The Hall–Kier alpha value is -0.340. The van der Waals surface area contributed by atoms with Gasteiger partial charge in [0.15, 0.2) is 5.79 Å². The number of unbranched alkanes of at least 4 members (excludes halogenated alkanes) is 12. The van der Waals surface area contributed by atoms with E-state index >= 15 is 0 Å². The summed E-state index contributed by atoms with van der Waals surface area (Å²) < 4.78 is 5.44. The fourth-order valence-electron chi connectivity index (χ4n) is 2.74. The molecule has 0 fully saturated rings. The molecule has 1 atom stereocenters. The van der Waals surface area contributed by atoms with Crippen LogP contribution in [0.3, 0.4) is 0 Å². The van der Waals surface area contributed by atoms with E-state index in [1.165, 1.54) is 83.5 Å². The van der Waals surface area contributed by atoms with Gasteiger partial charge < -0.3 is 9.84 Å². The van der Waals surface area contributed by atoms with Crippen LogP contribution >= 0.6 is 0 Å². The molecule has 0 spiro atoms. The van der Waals surface area contributed by atoms with Crippen molar-refractivity contribution >= 4 is 0 Å². The number of aliphatic hydroxyl groups is 1. The van der Waals surface area contributed by atoms with Crippen LogP contribution in [0.5, 0.6) is 0 Å². The molecule has 0 amide bonds. The fourth-order valence-corrected chi connectivity index (χ4v) is 2.74. The maximum atomic E-state index is 9.72. The van der Waals surface area contributed by atoms with Gasteiger partial charge in [-0.25, -0.2) is 0 Å². The Kier molecular flexibility index (Phi) is 17.2. The van der Waals surface area contributed by atoms with E-state index in [0.717, 1.165) is 6.42 Å². The summed E-state index contributed by atoms with van der Waals surface area (Å²) in [6.45, 7) is 6.65. The standard InChI is InChI=1S/C22H44O2/c1-4-6-7-8-9-10-11-12-13-14-15-16-17-18-19-20-21-24-22(3,23)5-2/h12-13,23H,4-11,14-21H2,1-3H3. The summed E-state index contributed by atoms with van der Waals surface area (Å²) in [7, 11) is 0. The van der Waals surface area contributed by atoms with Crippen molar-refractivity contribution < 1.29 is 9.84 Å². The molecule has 1 unspecified atom stereocenters. The van der Waals surface area contributed by atoms with Crippen LogP contribution in [0.1, 0.15) is 117 Å². The molecule has 0 radical (unpaired) electrons. The Labute approximate surface area is 152 Å². The lowest BCUT2D eigenvalue weighted by Gasteiger charge is -2.21. The highest BCUT2D eigenvalue weighted by Gasteiger charge is 2.16. The summed E-state index contributed by atoms with van der Waals surface area (Å²) in [5.74, 6) is -0.929. The van der Waals surface area contributed by atoms with Crippen molar-refractivity contribution in [1.82, 2.24) is 0 Å². The second-order valence-electron chi connectivity index (χ2n) is 7.31. The first kappa shape index (κ1) is 23.7. The van der Waals surface area contributed by atoms with Crippen molar-refractivity contribution in [3.63, 3.8) is 0 Å². The zero-order valence-corrected chi connectivity index (χ0v) is 16.8. The van der Waals surface area contributed by atoms with Crippen molar-refractivity contribution in [1.29, 1.82) is 0 Å². The molecule has 24 heavy (non-hydrogen) atoms. The van der Waals surface area contributed by atoms with Gasteiger partial charge in [0, 0.05) is 6.61 Å². The van der Waals surface area contributed by atoms with Crippen molar-refractivity contribution in [2.24, 2.45) is 0 Å². The minimum atomic E-state index is -0.929. The Morgan fingerprint density at radius 2 is 1.17 bits per heavy atom. The molecule has 0 aliphatic heterocycles. The van der Waals surface area contributed by atoms with Gasteiger partial charge in [-0.1, -0.05) is 83.8 Å². The molecule has 0 aromatic carbocycles. The van der Waals surface area contributed by atoms with Crippen LogP contribution in [0, 0.1) is 0 Å². The molecule has 0 aromatic heterocycles. The molecular weight excluding hydrogens is 296 g/mol. The summed E-state index contributed by atoms with van der Waals surface area (Å²) in [5, 5.41) is 9.72. The molecule has 0 saturated carbocycles. The zero-order valence-electron chi connectivity index (χ0n) is 16.8. The van der Waals surface area contributed by atoms with E-state index in [4.69, 9.17) is 4.74 Å². The highest BCUT2D eigenvalue weighted by atomic mass is 16.6. The van der Waals surface area contributed by atoms with Gasteiger partial charge in [-0.2, -0.15) is 0 Å². The van der Waals surface area contributed by atoms with Crippen molar-refractivity contribution in [2.75, 3.05) is 6.61 Å². The third-order valence-electron chi connectivity index (χ3n) is 4.73. The number of hydrogen-bond donors (Lipinski definition) is 1. The maximum Gasteiger partial charge on any atom is 0.162 e. The second kappa shape index (κ2) is 17.5. The minimum Gasteiger partial charge on any atom is -0.366 e. The number of rotatable bonds is 18. The SMILES string of the molecule is CCCCCCCCC=CCCCCCCCCOC(C)(O)CC. The van der Waals surface area contributed by atoms with Crippen LogP contribution in [0.25, 0.3) is 0 Å². The Balaban J connectivity index is 3.15. The lowest BCUT2D eigenvalue weighted by molar-refractivity contribution is -0.191. The molecule has 0 saturated heterocycles. The van der Waals surface area contributed by atoms with E-state index in [2.05, 4.69) is 19.1 Å². The zero-order chi connectivity index (χ0) is 17.9. The predicted molar refractivity (Wildman–Crippen MR) is 106 cm³/mol. The molecule has 0 aromatic rings. The van der Waals surface area contributed by atoms with Crippen LogP contribution in [0.4, 0.5) is 0 Å². The third-order valence-corrected chi connectivity index (χ3v) is 4.73. The summed E-state index contributed by atoms with van der Waals surface area (Å²) in [6.07, 6.45) is 23.9. The Bertz CT molecular complexity index is 271. The molecule has 2 nitrogen and oxygen atoms in total. The minimum absolute atomic E-state index is 0.652. The molecule has 0 bridgehead atoms. The molecule has 2 heteroatoms. The van der Waals surface area contributed by atoms with Crippen LogP contribution in [0.2, 0.25) is 0 Å². The number of ether oxygens (including phenoxy) is 1. The van der Waals surface area contributed by atoms with Crippen molar-refractivity contribution in [3.8, 4) is 0 Å². The normalized spacial score (nSPS) is 14.3. The van der Waals surface area contributed by atoms with Crippen molar-refractivity contribution in [3.05, 3.63) is 12.2 Å². The first-order valence-corrected chi connectivity index (χ1v) is 10.6. The largest absolute Gasteiger partial charge is 0.366 e. The van der Waals surface area contributed by atoms with E-state index < -0.39 is 5.79 Å². The van der Waals surface area contributed by atoms with Crippen LogP contribution in [-0.2, 0) is 4.74 Å². The summed E-state index contributed by atoms with van der Waals surface area (Å²) >= 11 is 0. The van der Waals surface area contributed by atoms with E-state index in [-0.39, 0.29) is 0 Å². The van der Waals surface area contributed by atoms with E-state index in [0.29, 0.717) is 13.0 Å². The second-order valence-corrected chi connectivity index (χ2v) is 7.31. The van der Waals surface area contributed by atoms with Crippen LogP contribution < -0.4 is 0 Å².